The lowest BCUT2D eigenvalue weighted by molar-refractivity contribution is -0.153. The van der Waals surface area contributed by atoms with Gasteiger partial charge in [-0.3, -0.25) is 24.2 Å². The van der Waals surface area contributed by atoms with E-state index in [1.807, 2.05) is 35.2 Å². The highest BCUT2D eigenvalue weighted by molar-refractivity contribution is 8.00. The van der Waals surface area contributed by atoms with E-state index in [9.17, 15) is 29.1 Å². The highest BCUT2D eigenvalue weighted by Crippen LogP contribution is 2.42. The summed E-state index contributed by atoms with van der Waals surface area (Å²) in [5.41, 5.74) is 2.23. The van der Waals surface area contributed by atoms with Crippen molar-refractivity contribution >= 4 is 52.1 Å². The van der Waals surface area contributed by atoms with Gasteiger partial charge in [-0.2, -0.15) is 0 Å². The number of anilines is 1. The lowest BCUT2D eigenvalue weighted by Crippen LogP contribution is -2.71. The summed E-state index contributed by atoms with van der Waals surface area (Å²) in [5.74, 6) is -2.14. The molecule has 56 heavy (non-hydrogen) atoms. The second kappa shape index (κ2) is 15.5. The van der Waals surface area contributed by atoms with Crippen LogP contribution in [-0.2, 0) is 32.1 Å². The van der Waals surface area contributed by atoms with Gasteiger partial charge in [0.05, 0.1) is 24.7 Å². The van der Waals surface area contributed by atoms with Crippen molar-refractivity contribution in [2.45, 2.75) is 43.3 Å². The predicted octanol–water partition coefficient (Wildman–Crippen LogP) is 3.94. The highest BCUT2D eigenvalue weighted by Gasteiger charge is 2.54. The highest BCUT2D eigenvalue weighted by atomic mass is 32.2. The van der Waals surface area contributed by atoms with E-state index in [0.29, 0.717) is 55.4 Å². The van der Waals surface area contributed by atoms with Crippen LogP contribution in [-0.4, -0.2) is 100 Å². The first-order valence-electron chi connectivity index (χ1n) is 18.5. The zero-order valence-electron chi connectivity index (χ0n) is 30.6. The molecule has 2 N–H and O–H groups in total. The molecule has 4 aromatic rings. The maximum absolute atomic E-state index is 15.7. The number of aromatic carboxylic acids is 1. The monoisotopic (exact) mass is 781 g/mol. The van der Waals surface area contributed by atoms with Gasteiger partial charge < -0.3 is 29.4 Å². The van der Waals surface area contributed by atoms with Crippen molar-refractivity contribution < 1.29 is 38.1 Å². The van der Waals surface area contributed by atoms with Gasteiger partial charge in [0.15, 0.2) is 0 Å². The number of carbonyl (C=O) groups is 4. The number of carboxylic acids is 1. The van der Waals surface area contributed by atoms with Crippen LogP contribution >= 0.6 is 11.8 Å². The maximum atomic E-state index is 15.7. The number of carbonyl (C=O) groups excluding carboxylic acids is 3. The number of thioether (sulfide) groups is 1. The number of piperazine rings is 1. The van der Waals surface area contributed by atoms with Crippen molar-refractivity contribution in [3.8, 4) is 5.75 Å². The number of methoxy groups -OCH3 is 1. The molecule has 8 rings (SSSR count). The SMILES string of the molecule is COc1ccc(COC(=O)C2=C(CN3CCN(c4cc5c(cc4F)c(=O)c(C(=O)O)cn5C4CC4)CC3)CS[C@@H]3[C@H](NC(=O)Cc4ccccc4)C(=O)N23)cc1. The number of halogens is 1. The number of rotatable bonds is 12. The van der Waals surface area contributed by atoms with E-state index in [-0.39, 0.29) is 47.5 Å². The van der Waals surface area contributed by atoms with E-state index < -0.39 is 34.6 Å². The summed E-state index contributed by atoms with van der Waals surface area (Å²) in [4.78, 5) is 70.7. The van der Waals surface area contributed by atoms with E-state index >= 15 is 4.39 Å². The Bertz CT molecular complexity index is 2300. The number of β-lactam (4-membered cyclic amide) rings is 1. The van der Waals surface area contributed by atoms with Crippen LogP contribution in [0.2, 0.25) is 0 Å². The number of fused-ring (bicyclic) bond motifs is 2. The van der Waals surface area contributed by atoms with Crippen LogP contribution < -0.4 is 20.4 Å². The fourth-order valence-corrected chi connectivity index (χ4v) is 8.90. The average molecular weight is 782 g/mol. The lowest BCUT2D eigenvalue weighted by Gasteiger charge is -2.50. The number of hydrogen-bond donors (Lipinski definition) is 2. The molecule has 2 atom stereocenters. The summed E-state index contributed by atoms with van der Waals surface area (Å²) in [6.45, 7) is 2.28. The number of nitrogens with zero attached hydrogens (tertiary/aromatic N) is 4. The molecular formula is C41H40FN5O8S. The summed E-state index contributed by atoms with van der Waals surface area (Å²) in [7, 11) is 1.57. The Kier molecular flexibility index (Phi) is 10.3. The summed E-state index contributed by atoms with van der Waals surface area (Å²) in [6, 6.07) is 18.5. The topological polar surface area (TPSA) is 151 Å². The van der Waals surface area contributed by atoms with Crippen molar-refractivity contribution in [3.05, 3.63) is 117 Å². The number of ether oxygens (including phenoxy) is 2. The standard InChI is InChI=1S/C41H40FN5O8S/c1-54-28-11-7-25(8-12-28)22-55-41(53)36-26(23-56-39-35(38(50)47(36)39)43-34(48)17-24-5-3-2-4-6-24)20-44-13-15-45(16-14-44)33-19-32-29(18-31(33)42)37(49)30(40(51)52)21-46(32)27-9-10-27/h2-8,11-12,18-19,21,27,35,39H,9-10,13-17,20,22-23H2,1H3,(H,43,48)(H,51,52)/t35-,39-/m1/s1. The molecule has 2 saturated heterocycles. The molecule has 15 heteroatoms. The normalized spacial score (nSPS) is 19.7. The Morgan fingerprint density at radius 1 is 0.964 bits per heavy atom. The number of hydrogen-bond acceptors (Lipinski definition) is 10. The van der Waals surface area contributed by atoms with Gasteiger partial charge in [-0.05, 0) is 53.8 Å². The first-order valence-corrected chi connectivity index (χ1v) is 19.5. The zero-order chi connectivity index (χ0) is 39.1. The summed E-state index contributed by atoms with van der Waals surface area (Å²) >= 11 is 1.48. The van der Waals surface area contributed by atoms with Crippen molar-refractivity contribution in [2.75, 3.05) is 50.5 Å². The number of aromatic nitrogens is 1. The molecule has 3 fully saturated rings. The summed E-state index contributed by atoms with van der Waals surface area (Å²) < 4.78 is 28.5. The van der Waals surface area contributed by atoms with Gasteiger partial charge in [-0.15, -0.1) is 11.8 Å². The van der Waals surface area contributed by atoms with Gasteiger partial charge in [0, 0.05) is 56.1 Å². The minimum atomic E-state index is -1.34. The van der Waals surface area contributed by atoms with Gasteiger partial charge in [-0.1, -0.05) is 42.5 Å². The summed E-state index contributed by atoms with van der Waals surface area (Å²) in [5, 5.41) is 12.0. The largest absolute Gasteiger partial charge is 0.497 e. The van der Waals surface area contributed by atoms with Crippen molar-refractivity contribution in [3.63, 3.8) is 0 Å². The van der Waals surface area contributed by atoms with E-state index in [4.69, 9.17) is 9.47 Å². The maximum Gasteiger partial charge on any atom is 0.355 e. The Morgan fingerprint density at radius 2 is 1.70 bits per heavy atom. The van der Waals surface area contributed by atoms with Crippen LogP contribution in [0.4, 0.5) is 10.1 Å². The Hall–Kier alpha value is -5.67. The minimum Gasteiger partial charge on any atom is -0.497 e. The molecule has 0 bridgehead atoms. The molecule has 13 nitrogen and oxygen atoms in total. The van der Waals surface area contributed by atoms with Crippen LogP contribution in [0.25, 0.3) is 10.9 Å². The van der Waals surface area contributed by atoms with E-state index in [1.165, 1.54) is 22.9 Å². The zero-order valence-corrected chi connectivity index (χ0v) is 31.4. The number of benzene rings is 3. The first-order chi connectivity index (χ1) is 27.1. The number of pyridine rings is 1. The molecule has 4 aliphatic rings. The fourth-order valence-electron chi connectivity index (χ4n) is 7.56. The van der Waals surface area contributed by atoms with Crippen molar-refractivity contribution in [1.82, 2.24) is 19.7 Å². The molecule has 2 amide bonds. The van der Waals surface area contributed by atoms with Crippen molar-refractivity contribution in [1.29, 1.82) is 0 Å². The second-order valence-corrected chi connectivity index (χ2v) is 15.5. The third-order valence-electron chi connectivity index (χ3n) is 10.7. The molecule has 1 aromatic heterocycles. The quantitative estimate of drug-likeness (QED) is 0.159. The predicted molar refractivity (Wildman–Crippen MR) is 207 cm³/mol. The van der Waals surface area contributed by atoms with E-state index in [2.05, 4.69) is 10.2 Å². The van der Waals surface area contributed by atoms with Crippen LogP contribution in [0.1, 0.15) is 40.4 Å². The molecule has 0 radical (unpaired) electrons. The van der Waals surface area contributed by atoms with Crippen LogP contribution in [0.5, 0.6) is 5.75 Å². The molecule has 0 spiro atoms. The lowest BCUT2D eigenvalue weighted by atomic mass is 10.0. The molecule has 1 aliphatic carbocycles. The number of esters is 1. The van der Waals surface area contributed by atoms with Crippen LogP contribution in [0.15, 0.2) is 89.0 Å². The molecular weight excluding hydrogens is 742 g/mol. The number of carboxylic acid groups (broad SMARTS) is 1. The molecule has 3 aliphatic heterocycles. The van der Waals surface area contributed by atoms with Gasteiger partial charge in [0.2, 0.25) is 11.3 Å². The molecule has 1 saturated carbocycles. The Morgan fingerprint density at radius 3 is 2.38 bits per heavy atom. The fraction of sp³-hybridized carbons (Fsp3) is 0.341. The average Bonchev–Trinajstić information content (AvgIpc) is 4.05. The first kappa shape index (κ1) is 37.3. The number of amides is 2. The van der Waals surface area contributed by atoms with Gasteiger partial charge in [0.1, 0.15) is 40.8 Å². The smallest absolute Gasteiger partial charge is 0.355 e. The van der Waals surface area contributed by atoms with Crippen LogP contribution in [0, 0.1) is 5.82 Å². The molecule has 290 valence electrons. The Balaban J connectivity index is 0.992. The van der Waals surface area contributed by atoms with E-state index in [0.717, 1.165) is 35.6 Å². The Labute approximate surface area is 325 Å². The molecule has 4 heterocycles. The summed E-state index contributed by atoms with van der Waals surface area (Å²) in [6.07, 6.45) is 3.19. The van der Waals surface area contributed by atoms with Gasteiger partial charge in [0.25, 0.3) is 5.91 Å². The second-order valence-electron chi connectivity index (χ2n) is 14.4. The number of nitrogens with one attached hydrogen (secondary N) is 1. The molecule has 3 aromatic carbocycles. The van der Waals surface area contributed by atoms with E-state index in [1.54, 1.807) is 42.0 Å². The van der Waals surface area contributed by atoms with Gasteiger partial charge in [-0.25, -0.2) is 14.0 Å². The third-order valence-corrected chi connectivity index (χ3v) is 12.0. The minimum absolute atomic E-state index is 0.0150. The van der Waals surface area contributed by atoms with Crippen LogP contribution in [0.3, 0.4) is 0 Å². The molecule has 0 unspecified atom stereocenters. The third kappa shape index (κ3) is 7.35. The van der Waals surface area contributed by atoms with Crippen molar-refractivity contribution in [2.24, 2.45) is 0 Å². The van der Waals surface area contributed by atoms with Gasteiger partial charge >= 0.3 is 11.9 Å².